The van der Waals surface area contributed by atoms with Crippen molar-refractivity contribution in [2.45, 2.75) is 51.8 Å². The van der Waals surface area contributed by atoms with E-state index in [0.29, 0.717) is 12.6 Å². The SMILES string of the molecule is C[C@H](N[C@@H]1CCN(C(=O)OC(C)(C)C)C1)c1ccc(N(C)C)cc1. The number of nitrogens with one attached hydrogen (secondary N) is 1. The zero-order valence-electron chi connectivity index (χ0n) is 15.8. The van der Waals surface area contributed by atoms with E-state index in [0.717, 1.165) is 13.0 Å². The maximum atomic E-state index is 12.1. The summed E-state index contributed by atoms with van der Waals surface area (Å²) in [5.74, 6) is 0. The second kappa shape index (κ2) is 7.43. The fraction of sp³-hybridized carbons (Fsp3) is 0.632. The average molecular weight is 333 g/mol. The minimum absolute atomic E-state index is 0.213. The third kappa shape index (κ3) is 5.13. The molecule has 1 N–H and O–H groups in total. The molecule has 5 nitrogen and oxygen atoms in total. The smallest absolute Gasteiger partial charge is 0.410 e. The normalized spacial score (nSPS) is 19.2. The predicted molar refractivity (Wildman–Crippen MR) is 98.5 cm³/mol. The van der Waals surface area contributed by atoms with Crippen LogP contribution in [0.25, 0.3) is 0 Å². The molecule has 24 heavy (non-hydrogen) atoms. The monoisotopic (exact) mass is 333 g/mol. The average Bonchev–Trinajstić information content (AvgIpc) is 2.94. The van der Waals surface area contributed by atoms with Gasteiger partial charge < -0.3 is 19.9 Å². The number of rotatable bonds is 4. The molecule has 1 heterocycles. The van der Waals surface area contributed by atoms with Crippen LogP contribution in [0.4, 0.5) is 10.5 Å². The quantitative estimate of drug-likeness (QED) is 0.917. The Morgan fingerprint density at radius 3 is 2.46 bits per heavy atom. The lowest BCUT2D eigenvalue weighted by Crippen LogP contribution is -2.39. The van der Waals surface area contributed by atoms with Gasteiger partial charge in [-0.2, -0.15) is 0 Å². The minimum atomic E-state index is -0.440. The van der Waals surface area contributed by atoms with Crippen molar-refractivity contribution in [3.63, 3.8) is 0 Å². The molecule has 1 amide bonds. The van der Waals surface area contributed by atoms with Crippen LogP contribution in [0.2, 0.25) is 0 Å². The number of likely N-dealkylation sites (tertiary alicyclic amines) is 1. The molecule has 0 aliphatic carbocycles. The molecule has 1 aromatic carbocycles. The molecular weight excluding hydrogens is 302 g/mol. The van der Waals surface area contributed by atoms with Gasteiger partial charge in [-0.25, -0.2) is 4.79 Å². The van der Waals surface area contributed by atoms with Gasteiger partial charge in [0.15, 0.2) is 0 Å². The van der Waals surface area contributed by atoms with E-state index in [1.807, 2.05) is 34.9 Å². The lowest BCUT2D eigenvalue weighted by Gasteiger charge is -2.25. The zero-order chi connectivity index (χ0) is 17.9. The number of benzene rings is 1. The highest BCUT2D eigenvalue weighted by molar-refractivity contribution is 5.68. The van der Waals surface area contributed by atoms with Crippen molar-refractivity contribution in [1.29, 1.82) is 0 Å². The van der Waals surface area contributed by atoms with Crippen molar-refractivity contribution < 1.29 is 9.53 Å². The molecule has 134 valence electrons. The van der Waals surface area contributed by atoms with Crippen molar-refractivity contribution in [3.8, 4) is 0 Å². The fourth-order valence-corrected chi connectivity index (χ4v) is 2.90. The van der Waals surface area contributed by atoms with Crippen LogP contribution in [-0.2, 0) is 4.74 Å². The van der Waals surface area contributed by atoms with Crippen LogP contribution in [0.1, 0.15) is 45.7 Å². The molecule has 2 rings (SSSR count). The molecule has 1 fully saturated rings. The number of carbonyl (C=O) groups excluding carboxylic acids is 1. The van der Waals surface area contributed by atoms with Crippen LogP contribution in [0.5, 0.6) is 0 Å². The Hall–Kier alpha value is -1.75. The van der Waals surface area contributed by atoms with E-state index < -0.39 is 5.60 Å². The molecule has 0 radical (unpaired) electrons. The second-order valence-electron chi connectivity index (χ2n) is 7.79. The topological polar surface area (TPSA) is 44.8 Å². The van der Waals surface area contributed by atoms with E-state index >= 15 is 0 Å². The lowest BCUT2D eigenvalue weighted by molar-refractivity contribution is 0.0290. The fourth-order valence-electron chi connectivity index (χ4n) is 2.90. The van der Waals surface area contributed by atoms with Crippen molar-refractivity contribution in [3.05, 3.63) is 29.8 Å². The molecule has 1 aliphatic heterocycles. The summed E-state index contributed by atoms with van der Waals surface area (Å²) in [6.45, 7) is 9.32. The summed E-state index contributed by atoms with van der Waals surface area (Å²) in [5, 5.41) is 3.63. The van der Waals surface area contributed by atoms with Crippen LogP contribution in [0.3, 0.4) is 0 Å². The van der Waals surface area contributed by atoms with Gasteiger partial charge in [-0.05, 0) is 51.8 Å². The largest absolute Gasteiger partial charge is 0.444 e. The van der Waals surface area contributed by atoms with Crippen molar-refractivity contribution in [2.24, 2.45) is 0 Å². The van der Waals surface area contributed by atoms with Gasteiger partial charge in [0.1, 0.15) is 5.60 Å². The van der Waals surface area contributed by atoms with Gasteiger partial charge in [0, 0.05) is 45.0 Å². The first-order chi connectivity index (χ1) is 11.2. The Bertz CT molecular complexity index is 549. The molecule has 5 heteroatoms. The molecular formula is C19H31N3O2. The van der Waals surface area contributed by atoms with E-state index in [9.17, 15) is 4.79 Å². The van der Waals surface area contributed by atoms with Gasteiger partial charge in [0.25, 0.3) is 0 Å². The summed E-state index contributed by atoms with van der Waals surface area (Å²) >= 11 is 0. The predicted octanol–water partition coefficient (Wildman–Crippen LogP) is 3.41. The standard InChI is InChI=1S/C19H31N3O2/c1-14(15-7-9-17(10-8-15)21(5)6)20-16-11-12-22(13-16)18(23)24-19(2,3)4/h7-10,14,16,20H,11-13H2,1-6H3/t14-,16+/m0/s1. The molecule has 0 aromatic heterocycles. The summed E-state index contributed by atoms with van der Waals surface area (Å²) in [4.78, 5) is 16.0. The van der Waals surface area contributed by atoms with Gasteiger partial charge >= 0.3 is 6.09 Å². The number of nitrogens with zero attached hydrogens (tertiary/aromatic N) is 2. The molecule has 0 unspecified atom stereocenters. The van der Waals surface area contributed by atoms with Gasteiger partial charge in [-0.15, -0.1) is 0 Å². The molecule has 2 atom stereocenters. The number of hydrogen-bond acceptors (Lipinski definition) is 4. The van der Waals surface area contributed by atoms with Crippen molar-refractivity contribution in [2.75, 3.05) is 32.1 Å². The third-order valence-electron chi connectivity index (χ3n) is 4.24. The summed E-state index contributed by atoms with van der Waals surface area (Å²) in [6, 6.07) is 9.15. The van der Waals surface area contributed by atoms with Gasteiger partial charge in [-0.1, -0.05) is 12.1 Å². The Kier molecular flexibility index (Phi) is 5.75. The van der Waals surface area contributed by atoms with E-state index in [1.54, 1.807) is 4.90 Å². The highest BCUT2D eigenvalue weighted by Crippen LogP contribution is 2.21. The van der Waals surface area contributed by atoms with Gasteiger partial charge in [0.05, 0.1) is 0 Å². The highest BCUT2D eigenvalue weighted by atomic mass is 16.6. The Labute approximate surface area is 146 Å². The maximum Gasteiger partial charge on any atom is 0.410 e. The number of carbonyl (C=O) groups is 1. The first-order valence-corrected chi connectivity index (χ1v) is 8.67. The molecule has 0 saturated carbocycles. The maximum absolute atomic E-state index is 12.1. The number of amides is 1. The van der Waals surface area contributed by atoms with Crippen LogP contribution in [0, 0.1) is 0 Å². The molecule has 0 spiro atoms. The molecule has 1 aromatic rings. The Morgan fingerprint density at radius 2 is 1.92 bits per heavy atom. The first kappa shape index (κ1) is 18.6. The van der Waals surface area contributed by atoms with Crippen LogP contribution in [0.15, 0.2) is 24.3 Å². The number of anilines is 1. The Morgan fingerprint density at radius 1 is 1.29 bits per heavy atom. The van der Waals surface area contributed by atoms with E-state index in [4.69, 9.17) is 4.74 Å². The van der Waals surface area contributed by atoms with Gasteiger partial charge in [0.2, 0.25) is 0 Å². The van der Waals surface area contributed by atoms with Crippen molar-refractivity contribution in [1.82, 2.24) is 10.2 Å². The van der Waals surface area contributed by atoms with E-state index in [2.05, 4.69) is 41.4 Å². The van der Waals surface area contributed by atoms with Crippen LogP contribution < -0.4 is 10.2 Å². The summed E-state index contributed by atoms with van der Waals surface area (Å²) in [6.07, 6.45) is 0.745. The molecule has 1 aliphatic rings. The van der Waals surface area contributed by atoms with E-state index in [1.165, 1.54) is 11.3 Å². The third-order valence-corrected chi connectivity index (χ3v) is 4.24. The Balaban J connectivity index is 1.87. The van der Waals surface area contributed by atoms with Crippen LogP contribution in [-0.4, -0.2) is 49.8 Å². The summed E-state index contributed by atoms with van der Waals surface area (Å²) in [7, 11) is 4.08. The molecule has 1 saturated heterocycles. The summed E-state index contributed by atoms with van der Waals surface area (Å²) < 4.78 is 5.45. The van der Waals surface area contributed by atoms with Gasteiger partial charge in [-0.3, -0.25) is 0 Å². The summed E-state index contributed by atoms with van der Waals surface area (Å²) in [5.41, 5.74) is 2.02. The van der Waals surface area contributed by atoms with E-state index in [-0.39, 0.29) is 12.1 Å². The zero-order valence-corrected chi connectivity index (χ0v) is 15.8. The minimum Gasteiger partial charge on any atom is -0.444 e. The second-order valence-corrected chi connectivity index (χ2v) is 7.79. The van der Waals surface area contributed by atoms with Crippen molar-refractivity contribution >= 4 is 11.8 Å². The lowest BCUT2D eigenvalue weighted by atomic mass is 10.1. The number of ether oxygens (including phenoxy) is 1. The number of hydrogen-bond donors (Lipinski definition) is 1. The highest BCUT2D eigenvalue weighted by Gasteiger charge is 2.30. The van der Waals surface area contributed by atoms with Crippen LogP contribution >= 0.6 is 0 Å². The molecule has 0 bridgehead atoms. The first-order valence-electron chi connectivity index (χ1n) is 8.67.